The highest BCUT2D eigenvalue weighted by molar-refractivity contribution is 5.08. The molecule has 2 atom stereocenters. The number of nitrogens with zero attached hydrogens (tertiary/aromatic N) is 2. The van der Waals surface area contributed by atoms with Crippen LogP contribution >= 0.6 is 0 Å². The van der Waals surface area contributed by atoms with Gasteiger partial charge in [-0.15, -0.1) is 0 Å². The fraction of sp³-hybridized carbons (Fsp3) is 0.786. The molecule has 17 heavy (non-hydrogen) atoms. The molecule has 0 spiro atoms. The van der Waals surface area contributed by atoms with Crippen molar-refractivity contribution < 1.29 is 0 Å². The average Bonchev–Trinajstić information content (AvgIpc) is 2.75. The topological polar surface area (TPSA) is 29.9 Å². The first-order valence-corrected chi connectivity index (χ1v) is 6.95. The van der Waals surface area contributed by atoms with Gasteiger partial charge in [0, 0.05) is 13.2 Å². The molecule has 0 saturated carbocycles. The lowest BCUT2D eigenvalue weighted by Crippen LogP contribution is -2.29. The Morgan fingerprint density at radius 3 is 2.59 bits per heavy atom. The largest absolute Gasteiger partial charge is 0.309 e. The van der Waals surface area contributed by atoms with Gasteiger partial charge in [0.05, 0.1) is 11.7 Å². The van der Waals surface area contributed by atoms with Crippen LogP contribution in [-0.2, 0) is 7.05 Å². The fourth-order valence-corrected chi connectivity index (χ4v) is 2.49. The molecule has 0 fully saturated rings. The summed E-state index contributed by atoms with van der Waals surface area (Å²) in [6.07, 6.45) is 7.02. The summed E-state index contributed by atoms with van der Waals surface area (Å²) in [4.78, 5) is 0. The highest BCUT2D eigenvalue weighted by Gasteiger charge is 2.22. The molecule has 0 aliphatic heterocycles. The first-order chi connectivity index (χ1) is 8.24. The van der Waals surface area contributed by atoms with Crippen molar-refractivity contribution in [2.45, 2.75) is 52.5 Å². The Morgan fingerprint density at radius 2 is 2.12 bits per heavy atom. The van der Waals surface area contributed by atoms with E-state index in [1.165, 1.54) is 31.4 Å². The van der Waals surface area contributed by atoms with E-state index in [9.17, 15) is 0 Å². The zero-order valence-electron chi connectivity index (χ0n) is 11.7. The standard InChI is InChI=1S/C14H27N3/c1-5-8-9-12(6-2)14(15-7-3)13-10-11-16-17(13)4/h10-12,14-15H,5-9H2,1-4H3. The number of aromatic nitrogens is 2. The van der Waals surface area contributed by atoms with Crippen LogP contribution in [0.1, 0.15) is 58.2 Å². The van der Waals surface area contributed by atoms with E-state index < -0.39 is 0 Å². The predicted molar refractivity (Wildman–Crippen MR) is 72.9 cm³/mol. The second-order valence-electron chi connectivity index (χ2n) is 4.73. The van der Waals surface area contributed by atoms with Gasteiger partial charge in [-0.1, -0.05) is 40.0 Å². The van der Waals surface area contributed by atoms with Crippen molar-refractivity contribution in [3.05, 3.63) is 18.0 Å². The molecule has 1 rings (SSSR count). The zero-order chi connectivity index (χ0) is 12.7. The van der Waals surface area contributed by atoms with E-state index >= 15 is 0 Å². The van der Waals surface area contributed by atoms with Gasteiger partial charge in [0.15, 0.2) is 0 Å². The fourth-order valence-electron chi connectivity index (χ4n) is 2.49. The maximum atomic E-state index is 4.29. The third-order valence-electron chi connectivity index (χ3n) is 3.53. The highest BCUT2D eigenvalue weighted by atomic mass is 15.3. The van der Waals surface area contributed by atoms with Crippen LogP contribution < -0.4 is 5.32 Å². The predicted octanol–water partition coefficient (Wildman–Crippen LogP) is 3.29. The lowest BCUT2D eigenvalue weighted by Gasteiger charge is -2.27. The molecule has 0 bridgehead atoms. The monoisotopic (exact) mass is 237 g/mol. The third kappa shape index (κ3) is 3.84. The third-order valence-corrected chi connectivity index (χ3v) is 3.53. The Hall–Kier alpha value is -0.830. The van der Waals surface area contributed by atoms with Crippen molar-refractivity contribution in [1.29, 1.82) is 0 Å². The van der Waals surface area contributed by atoms with Gasteiger partial charge in [-0.25, -0.2) is 0 Å². The summed E-state index contributed by atoms with van der Waals surface area (Å²) in [5.41, 5.74) is 1.31. The molecule has 0 saturated heterocycles. The Balaban J connectivity index is 2.79. The molecule has 0 radical (unpaired) electrons. The Kier molecular flexibility index (Phi) is 6.27. The summed E-state index contributed by atoms with van der Waals surface area (Å²) in [5, 5.41) is 7.92. The minimum absolute atomic E-state index is 0.448. The Morgan fingerprint density at radius 1 is 1.35 bits per heavy atom. The number of aryl methyl sites for hydroxylation is 1. The van der Waals surface area contributed by atoms with Crippen molar-refractivity contribution in [2.24, 2.45) is 13.0 Å². The summed E-state index contributed by atoms with van der Waals surface area (Å²) in [6, 6.07) is 2.59. The quantitative estimate of drug-likeness (QED) is 0.752. The molecule has 3 nitrogen and oxygen atoms in total. The van der Waals surface area contributed by atoms with Crippen LogP contribution in [-0.4, -0.2) is 16.3 Å². The van der Waals surface area contributed by atoms with Crippen LogP contribution in [0.4, 0.5) is 0 Å². The molecule has 0 aliphatic carbocycles. The average molecular weight is 237 g/mol. The van der Waals surface area contributed by atoms with E-state index in [0.717, 1.165) is 6.54 Å². The molecular formula is C14H27N3. The number of unbranched alkanes of at least 4 members (excludes halogenated alkanes) is 1. The van der Waals surface area contributed by atoms with Gasteiger partial charge in [0.25, 0.3) is 0 Å². The van der Waals surface area contributed by atoms with Crippen LogP contribution in [0.25, 0.3) is 0 Å². The first kappa shape index (κ1) is 14.2. The minimum Gasteiger partial charge on any atom is -0.309 e. The van der Waals surface area contributed by atoms with Gasteiger partial charge in [-0.2, -0.15) is 5.10 Å². The normalized spacial score (nSPS) is 14.8. The Labute approximate surface area is 106 Å². The summed E-state index contributed by atoms with van der Waals surface area (Å²) >= 11 is 0. The van der Waals surface area contributed by atoms with E-state index in [1.54, 1.807) is 0 Å². The van der Waals surface area contributed by atoms with Crippen LogP contribution in [0.5, 0.6) is 0 Å². The van der Waals surface area contributed by atoms with Crippen molar-refractivity contribution in [2.75, 3.05) is 6.54 Å². The molecule has 0 amide bonds. The molecular weight excluding hydrogens is 210 g/mol. The number of rotatable bonds is 8. The van der Waals surface area contributed by atoms with Crippen LogP contribution in [0.2, 0.25) is 0 Å². The zero-order valence-corrected chi connectivity index (χ0v) is 11.7. The smallest absolute Gasteiger partial charge is 0.0553 e. The SMILES string of the molecule is CCCCC(CC)C(NCC)c1ccnn1C. The second-order valence-corrected chi connectivity index (χ2v) is 4.73. The molecule has 0 aromatic carbocycles. The van der Waals surface area contributed by atoms with E-state index in [2.05, 4.69) is 37.3 Å². The number of hydrogen-bond donors (Lipinski definition) is 1. The molecule has 3 heteroatoms. The lowest BCUT2D eigenvalue weighted by molar-refractivity contribution is 0.315. The molecule has 1 aromatic rings. The summed E-state index contributed by atoms with van der Waals surface area (Å²) in [5.74, 6) is 0.713. The molecule has 98 valence electrons. The van der Waals surface area contributed by atoms with E-state index in [1.807, 2.05) is 17.9 Å². The molecule has 1 aromatic heterocycles. The molecule has 1 heterocycles. The van der Waals surface area contributed by atoms with Crippen LogP contribution in [0.3, 0.4) is 0 Å². The van der Waals surface area contributed by atoms with Crippen molar-refractivity contribution in [1.82, 2.24) is 15.1 Å². The van der Waals surface area contributed by atoms with Crippen molar-refractivity contribution in [3.63, 3.8) is 0 Å². The summed E-state index contributed by atoms with van der Waals surface area (Å²) in [6.45, 7) is 7.74. The first-order valence-electron chi connectivity index (χ1n) is 6.95. The Bertz CT molecular complexity index is 306. The molecule has 1 N–H and O–H groups in total. The van der Waals surface area contributed by atoms with Crippen LogP contribution in [0, 0.1) is 5.92 Å². The van der Waals surface area contributed by atoms with Gasteiger partial charge >= 0.3 is 0 Å². The summed E-state index contributed by atoms with van der Waals surface area (Å²) in [7, 11) is 2.03. The molecule has 2 unspecified atom stereocenters. The molecule has 0 aliphatic rings. The van der Waals surface area contributed by atoms with Crippen molar-refractivity contribution in [3.8, 4) is 0 Å². The maximum absolute atomic E-state index is 4.29. The van der Waals surface area contributed by atoms with Gasteiger partial charge < -0.3 is 5.32 Å². The van der Waals surface area contributed by atoms with Crippen molar-refractivity contribution >= 4 is 0 Å². The number of nitrogens with one attached hydrogen (secondary N) is 1. The second kappa shape index (κ2) is 7.49. The maximum Gasteiger partial charge on any atom is 0.0553 e. The van der Waals surface area contributed by atoms with Crippen LogP contribution in [0.15, 0.2) is 12.3 Å². The lowest BCUT2D eigenvalue weighted by atomic mass is 9.89. The van der Waals surface area contributed by atoms with E-state index in [0.29, 0.717) is 12.0 Å². The van der Waals surface area contributed by atoms with E-state index in [-0.39, 0.29) is 0 Å². The summed E-state index contributed by atoms with van der Waals surface area (Å²) < 4.78 is 2.00. The van der Waals surface area contributed by atoms with Gasteiger partial charge in [-0.05, 0) is 24.9 Å². The van der Waals surface area contributed by atoms with Gasteiger partial charge in [0.2, 0.25) is 0 Å². The van der Waals surface area contributed by atoms with Gasteiger partial charge in [-0.3, -0.25) is 4.68 Å². The highest BCUT2D eigenvalue weighted by Crippen LogP contribution is 2.28. The van der Waals surface area contributed by atoms with E-state index in [4.69, 9.17) is 0 Å². The number of hydrogen-bond acceptors (Lipinski definition) is 2. The van der Waals surface area contributed by atoms with Gasteiger partial charge in [0.1, 0.15) is 0 Å². The minimum atomic E-state index is 0.448.